The van der Waals surface area contributed by atoms with E-state index in [2.05, 4.69) is 25.8 Å². The second-order valence-corrected chi connectivity index (χ2v) is 11.2. The minimum atomic E-state index is -4.80. The number of nitriles is 1. The van der Waals surface area contributed by atoms with Gasteiger partial charge in [-0.15, -0.1) is 10.2 Å². The van der Waals surface area contributed by atoms with Gasteiger partial charge in [0.1, 0.15) is 18.0 Å². The Morgan fingerprint density at radius 2 is 1.84 bits per heavy atom. The van der Waals surface area contributed by atoms with Gasteiger partial charge in [-0.05, 0) is 64.7 Å². The van der Waals surface area contributed by atoms with Gasteiger partial charge in [0.15, 0.2) is 5.82 Å². The van der Waals surface area contributed by atoms with Gasteiger partial charge in [0.2, 0.25) is 0 Å². The summed E-state index contributed by atoms with van der Waals surface area (Å²) in [6, 6.07) is 9.82. The summed E-state index contributed by atoms with van der Waals surface area (Å²) < 4.78 is 91.2. The fourth-order valence-corrected chi connectivity index (χ4v) is 5.40. The molecule has 49 heavy (non-hydrogen) atoms. The maximum Gasteiger partial charge on any atom is 0.416 e. The predicted molar refractivity (Wildman–Crippen MR) is 165 cm³/mol. The number of alkyl halides is 6. The van der Waals surface area contributed by atoms with Gasteiger partial charge in [0.05, 0.1) is 42.9 Å². The summed E-state index contributed by atoms with van der Waals surface area (Å²) in [7, 11) is 3.08. The van der Waals surface area contributed by atoms with E-state index < -0.39 is 42.0 Å². The summed E-state index contributed by atoms with van der Waals surface area (Å²) in [5, 5.41) is 32.7. The van der Waals surface area contributed by atoms with Crippen LogP contribution in [0.2, 0.25) is 0 Å². The second-order valence-electron chi connectivity index (χ2n) is 11.2. The predicted octanol–water partition coefficient (Wildman–Crippen LogP) is 5.16. The number of carbonyl (C=O) groups is 1. The summed E-state index contributed by atoms with van der Waals surface area (Å²) >= 11 is 0. The zero-order valence-corrected chi connectivity index (χ0v) is 26.2. The van der Waals surface area contributed by atoms with Crippen molar-refractivity contribution in [3.05, 3.63) is 76.6 Å². The Labute approximate surface area is 276 Å². The first-order valence-corrected chi connectivity index (χ1v) is 14.8. The van der Waals surface area contributed by atoms with Crippen molar-refractivity contribution in [3.63, 3.8) is 0 Å². The first-order valence-electron chi connectivity index (χ1n) is 14.8. The van der Waals surface area contributed by atoms with Crippen molar-refractivity contribution >= 4 is 17.5 Å². The Bertz CT molecular complexity index is 1890. The fraction of sp³-hybridized carbons (Fsp3) is 0.344. The van der Waals surface area contributed by atoms with Crippen LogP contribution in [0.5, 0.6) is 0 Å². The van der Waals surface area contributed by atoms with Gasteiger partial charge in [0.25, 0.3) is 5.91 Å². The summed E-state index contributed by atoms with van der Waals surface area (Å²) in [4.78, 5) is 19.2. The van der Waals surface area contributed by atoms with Crippen LogP contribution < -0.4 is 15.5 Å². The number of methoxy groups -OCH3 is 1. The second kappa shape index (κ2) is 14.2. The first-order chi connectivity index (χ1) is 23.2. The molecule has 4 aromatic rings. The Kier molecular flexibility index (Phi) is 10.2. The van der Waals surface area contributed by atoms with Gasteiger partial charge in [0, 0.05) is 44.9 Å². The van der Waals surface area contributed by atoms with E-state index in [9.17, 15) is 36.2 Å². The van der Waals surface area contributed by atoms with Crippen LogP contribution in [0.3, 0.4) is 0 Å². The molecule has 0 spiro atoms. The molecule has 0 saturated heterocycles. The Morgan fingerprint density at radius 3 is 2.49 bits per heavy atom. The zero-order chi connectivity index (χ0) is 35.5. The number of amides is 1. The van der Waals surface area contributed by atoms with Crippen LogP contribution in [0, 0.1) is 11.3 Å². The molecule has 1 amide bonds. The van der Waals surface area contributed by atoms with Gasteiger partial charge in [-0.3, -0.25) is 9.69 Å². The molecule has 11 nitrogen and oxygen atoms in total. The van der Waals surface area contributed by atoms with Gasteiger partial charge < -0.3 is 25.0 Å². The molecule has 17 heteroatoms. The van der Waals surface area contributed by atoms with Crippen LogP contribution >= 0.6 is 0 Å². The van der Waals surface area contributed by atoms with Gasteiger partial charge in [-0.1, -0.05) is 0 Å². The maximum atomic E-state index is 14.3. The summed E-state index contributed by atoms with van der Waals surface area (Å²) in [5.41, 5.74) is -1.88. The average Bonchev–Trinajstić information content (AvgIpc) is 3.63. The third kappa shape index (κ3) is 7.82. The topological polar surface area (TPSA) is 141 Å². The number of ether oxygens (including phenoxy) is 1. The van der Waals surface area contributed by atoms with Crippen molar-refractivity contribution in [2.45, 2.75) is 38.0 Å². The van der Waals surface area contributed by atoms with E-state index in [-0.39, 0.29) is 70.4 Å². The van der Waals surface area contributed by atoms with Crippen LogP contribution in [0.15, 0.2) is 48.8 Å². The van der Waals surface area contributed by atoms with E-state index in [1.165, 1.54) is 42.3 Å². The lowest BCUT2D eigenvalue weighted by Gasteiger charge is -2.20. The van der Waals surface area contributed by atoms with E-state index in [0.29, 0.717) is 13.2 Å². The number of halogens is 6. The molecular weight excluding hydrogens is 658 g/mol. The molecule has 0 bridgehead atoms. The molecule has 0 radical (unpaired) electrons. The van der Waals surface area contributed by atoms with E-state index in [4.69, 9.17) is 10.00 Å². The normalized spacial score (nSPS) is 13.8. The number of nitrogens with zero attached hydrogens (tertiary/aromatic N) is 6. The average molecular weight is 689 g/mol. The number of aromatic nitrogens is 4. The highest BCUT2D eigenvalue weighted by atomic mass is 19.4. The number of aryl methyl sites for hydroxylation is 1. The Morgan fingerprint density at radius 1 is 1.06 bits per heavy atom. The van der Waals surface area contributed by atoms with Crippen LogP contribution in [-0.2, 0) is 37.2 Å². The molecule has 3 heterocycles. The number of hydrogen-bond donors (Lipinski definition) is 3. The van der Waals surface area contributed by atoms with Crippen molar-refractivity contribution in [2.24, 2.45) is 7.05 Å². The van der Waals surface area contributed by atoms with Crippen molar-refractivity contribution in [2.75, 3.05) is 37.0 Å². The standard InChI is InChI=1S/C32H30F6N8O3/c1-45-17-42-44-29(45)22-4-3-20(31(33,34)35)13-23(22)19-11-27(41-15-21(47)5-6-39)43-28(12-19)46-16-25-24(30(46)48)9-18(14-40-7-8-49-2)10-26(25)32(36,37)38/h3-4,9-13,17,21,40,47H,5,7-8,14-16H2,1-2H3,(H,41,43). The smallest absolute Gasteiger partial charge is 0.390 e. The highest BCUT2D eigenvalue weighted by molar-refractivity contribution is 6.10. The molecule has 1 aliphatic heterocycles. The minimum absolute atomic E-state index is 0.0137. The van der Waals surface area contributed by atoms with E-state index in [0.717, 1.165) is 23.1 Å². The summed E-state index contributed by atoms with van der Waals surface area (Å²) in [6.45, 7) is -0.0172. The van der Waals surface area contributed by atoms with E-state index in [1.807, 2.05) is 6.07 Å². The number of carbonyl (C=O) groups excluding carboxylic acids is 1. The van der Waals surface area contributed by atoms with Crippen molar-refractivity contribution < 1.29 is 41.0 Å². The van der Waals surface area contributed by atoms with Crippen molar-refractivity contribution in [1.82, 2.24) is 25.1 Å². The van der Waals surface area contributed by atoms with Gasteiger partial charge >= 0.3 is 12.4 Å². The third-order valence-corrected chi connectivity index (χ3v) is 7.76. The maximum absolute atomic E-state index is 14.3. The highest BCUT2D eigenvalue weighted by Crippen LogP contribution is 2.42. The molecule has 0 aliphatic carbocycles. The number of hydrogen-bond acceptors (Lipinski definition) is 9. The number of aliphatic hydroxyl groups excluding tert-OH is 1. The largest absolute Gasteiger partial charge is 0.416 e. The molecule has 0 saturated carbocycles. The third-order valence-electron chi connectivity index (χ3n) is 7.76. The van der Waals surface area contributed by atoms with Crippen LogP contribution in [0.4, 0.5) is 38.0 Å². The quantitative estimate of drug-likeness (QED) is 0.136. The number of benzene rings is 2. The Hall–Kier alpha value is -5.05. The van der Waals surface area contributed by atoms with Crippen LogP contribution in [-0.4, -0.2) is 63.7 Å². The molecule has 1 unspecified atom stereocenters. The summed E-state index contributed by atoms with van der Waals surface area (Å²) in [5.74, 6) is -0.761. The number of rotatable bonds is 12. The minimum Gasteiger partial charge on any atom is -0.390 e. The SMILES string of the molecule is COCCNCc1cc2c(c(C(F)(F)F)c1)CN(c1cc(-c3cc(C(F)(F)F)ccc3-c3nncn3C)cc(NCC(O)CC#N)n1)C2=O. The number of aliphatic hydroxyl groups is 1. The zero-order valence-electron chi connectivity index (χ0n) is 26.2. The molecule has 5 rings (SSSR count). The van der Waals surface area contributed by atoms with Gasteiger partial charge in [-0.25, -0.2) is 4.98 Å². The van der Waals surface area contributed by atoms with E-state index in [1.54, 1.807) is 7.05 Å². The van der Waals surface area contributed by atoms with Crippen molar-refractivity contribution in [3.8, 4) is 28.6 Å². The number of nitrogens with one attached hydrogen (secondary N) is 2. The number of fused-ring (bicyclic) bond motifs is 1. The molecule has 2 aromatic carbocycles. The fourth-order valence-electron chi connectivity index (χ4n) is 5.40. The van der Waals surface area contributed by atoms with Crippen molar-refractivity contribution in [1.29, 1.82) is 5.26 Å². The lowest BCUT2D eigenvalue weighted by atomic mass is 9.96. The van der Waals surface area contributed by atoms with Gasteiger partial charge in [-0.2, -0.15) is 31.6 Å². The lowest BCUT2D eigenvalue weighted by molar-refractivity contribution is -0.138. The molecule has 0 fully saturated rings. The molecule has 258 valence electrons. The molecule has 1 atom stereocenters. The first kappa shape index (κ1) is 35.3. The molecule has 3 N–H and O–H groups in total. The van der Waals surface area contributed by atoms with Crippen LogP contribution in [0.25, 0.3) is 22.5 Å². The van der Waals surface area contributed by atoms with Crippen LogP contribution in [0.1, 0.15) is 39.0 Å². The molecule has 1 aliphatic rings. The summed E-state index contributed by atoms with van der Waals surface area (Å²) in [6.07, 6.45) is -9.57. The van der Waals surface area contributed by atoms with E-state index >= 15 is 0 Å². The Balaban J connectivity index is 1.64. The molecule has 2 aromatic heterocycles. The molecular formula is C32H30F6N8O3. The monoisotopic (exact) mass is 688 g/mol. The lowest BCUT2D eigenvalue weighted by Crippen LogP contribution is -2.25. The number of pyridine rings is 1. The highest BCUT2D eigenvalue weighted by Gasteiger charge is 2.41. The number of anilines is 2.